The van der Waals surface area contributed by atoms with Crippen molar-refractivity contribution in [1.29, 1.82) is 0 Å². The number of hydrogen-bond donors (Lipinski definition) is 3. The molecule has 0 radical (unpaired) electrons. The van der Waals surface area contributed by atoms with E-state index in [4.69, 9.17) is 5.73 Å². The van der Waals surface area contributed by atoms with Crippen molar-refractivity contribution in [2.45, 2.75) is 26.1 Å². The van der Waals surface area contributed by atoms with Gasteiger partial charge in [-0.25, -0.2) is 4.79 Å². The Bertz CT molecular complexity index is 512. The zero-order valence-electron chi connectivity index (χ0n) is 11.5. The van der Waals surface area contributed by atoms with E-state index in [2.05, 4.69) is 10.6 Å². The molecule has 0 fully saturated rings. The van der Waals surface area contributed by atoms with Crippen LogP contribution in [0.4, 0.5) is 23.7 Å². The molecule has 0 saturated carbocycles. The molecule has 0 aliphatic heterocycles. The van der Waals surface area contributed by atoms with Gasteiger partial charge in [0.25, 0.3) is 0 Å². The molecule has 0 saturated heterocycles. The maximum absolute atomic E-state index is 12.4. The molecule has 1 atom stereocenters. The van der Waals surface area contributed by atoms with Crippen molar-refractivity contribution in [3.8, 4) is 0 Å². The molecule has 21 heavy (non-hydrogen) atoms. The summed E-state index contributed by atoms with van der Waals surface area (Å²) in [6, 6.07) is 2.29. The molecule has 5 nitrogen and oxygen atoms in total. The summed E-state index contributed by atoms with van der Waals surface area (Å²) in [5.41, 5.74) is 4.36. The minimum absolute atomic E-state index is 0.199. The van der Waals surface area contributed by atoms with Crippen molar-refractivity contribution in [2.75, 3.05) is 5.32 Å². The molecule has 0 spiro atoms. The van der Waals surface area contributed by atoms with E-state index in [9.17, 15) is 22.8 Å². The second-order valence-corrected chi connectivity index (χ2v) is 4.79. The number of nitrogens with two attached hydrogens (primary N) is 1. The lowest BCUT2D eigenvalue weighted by atomic mass is 10.0. The van der Waals surface area contributed by atoms with E-state index in [0.29, 0.717) is 0 Å². The third-order valence-corrected chi connectivity index (χ3v) is 2.73. The van der Waals surface area contributed by atoms with E-state index in [1.807, 2.05) is 0 Å². The Hall–Kier alpha value is -2.25. The minimum Gasteiger partial charge on any atom is -0.352 e. The summed E-state index contributed by atoms with van der Waals surface area (Å²) >= 11 is 0. The van der Waals surface area contributed by atoms with Gasteiger partial charge in [0.1, 0.15) is 6.04 Å². The molecule has 116 valence electrons. The van der Waals surface area contributed by atoms with Crippen molar-refractivity contribution in [3.63, 3.8) is 0 Å². The number of alkyl halides is 3. The molecule has 0 aliphatic rings. The number of carbonyl (C=O) groups is 2. The highest BCUT2D eigenvalue weighted by molar-refractivity contribution is 5.97. The van der Waals surface area contributed by atoms with E-state index >= 15 is 0 Å². The Kier molecular flexibility index (Phi) is 5.17. The van der Waals surface area contributed by atoms with Crippen LogP contribution in [0.5, 0.6) is 0 Å². The predicted molar refractivity (Wildman–Crippen MR) is 71.4 cm³/mol. The normalized spacial score (nSPS) is 12.9. The number of hydrogen-bond acceptors (Lipinski definition) is 2. The Morgan fingerprint density at radius 1 is 1.14 bits per heavy atom. The Balaban J connectivity index is 2.79. The summed E-state index contributed by atoms with van der Waals surface area (Å²) in [6.07, 6.45) is -4.43. The van der Waals surface area contributed by atoms with E-state index in [1.54, 1.807) is 13.8 Å². The SMILES string of the molecule is CC(C)[C@H](NC(N)=O)C(=O)Nc1ccc(C(F)(F)F)cc1. The molecule has 8 heteroatoms. The first-order valence-electron chi connectivity index (χ1n) is 6.15. The van der Waals surface area contributed by atoms with Crippen LogP contribution in [0.15, 0.2) is 24.3 Å². The van der Waals surface area contributed by atoms with Gasteiger partial charge in [-0.3, -0.25) is 4.79 Å². The third kappa shape index (κ3) is 4.97. The smallest absolute Gasteiger partial charge is 0.352 e. The van der Waals surface area contributed by atoms with Gasteiger partial charge in [0.05, 0.1) is 5.56 Å². The number of amides is 3. The van der Waals surface area contributed by atoms with E-state index in [0.717, 1.165) is 24.3 Å². The summed E-state index contributed by atoms with van der Waals surface area (Å²) in [7, 11) is 0. The molecule has 0 aliphatic carbocycles. The highest BCUT2D eigenvalue weighted by Gasteiger charge is 2.30. The van der Waals surface area contributed by atoms with Crippen LogP contribution in [-0.4, -0.2) is 18.0 Å². The van der Waals surface area contributed by atoms with Gasteiger partial charge in [0.2, 0.25) is 5.91 Å². The van der Waals surface area contributed by atoms with Crippen molar-refractivity contribution in [3.05, 3.63) is 29.8 Å². The first kappa shape index (κ1) is 16.8. The van der Waals surface area contributed by atoms with E-state index in [1.165, 1.54) is 0 Å². The fraction of sp³-hybridized carbons (Fsp3) is 0.385. The van der Waals surface area contributed by atoms with Gasteiger partial charge in [0, 0.05) is 5.69 Å². The second-order valence-electron chi connectivity index (χ2n) is 4.79. The van der Waals surface area contributed by atoms with Crippen molar-refractivity contribution in [2.24, 2.45) is 11.7 Å². The van der Waals surface area contributed by atoms with Crippen LogP contribution in [0.3, 0.4) is 0 Å². The fourth-order valence-corrected chi connectivity index (χ4v) is 1.65. The van der Waals surface area contributed by atoms with Gasteiger partial charge >= 0.3 is 12.2 Å². The average Bonchev–Trinajstić information content (AvgIpc) is 2.34. The van der Waals surface area contributed by atoms with Gasteiger partial charge in [0.15, 0.2) is 0 Å². The summed E-state index contributed by atoms with van der Waals surface area (Å²) in [6.45, 7) is 3.40. The Labute approximate surface area is 119 Å². The maximum atomic E-state index is 12.4. The van der Waals surface area contributed by atoms with Crippen molar-refractivity contribution < 1.29 is 22.8 Å². The zero-order chi connectivity index (χ0) is 16.2. The summed E-state index contributed by atoms with van der Waals surface area (Å²) in [4.78, 5) is 22.8. The maximum Gasteiger partial charge on any atom is 0.416 e. The third-order valence-electron chi connectivity index (χ3n) is 2.73. The van der Waals surface area contributed by atoms with Gasteiger partial charge in [-0.05, 0) is 30.2 Å². The average molecular weight is 303 g/mol. The lowest BCUT2D eigenvalue weighted by Crippen LogP contribution is -2.49. The number of benzene rings is 1. The number of halogens is 3. The Morgan fingerprint density at radius 3 is 2.05 bits per heavy atom. The van der Waals surface area contributed by atoms with Crippen LogP contribution in [0.1, 0.15) is 19.4 Å². The fourth-order valence-electron chi connectivity index (χ4n) is 1.65. The molecule has 0 heterocycles. The molecule has 0 aromatic heterocycles. The number of urea groups is 1. The monoisotopic (exact) mass is 303 g/mol. The number of primary amides is 1. The van der Waals surface area contributed by atoms with Gasteiger partial charge < -0.3 is 16.4 Å². The van der Waals surface area contributed by atoms with Crippen LogP contribution < -0.4 is 16.4 Å². The second kappa shape index (κ2) is 6.47. The summed E-state index contributed by atoms with van der Waals surface area (Å²) in [5.74, 6) is -0.782. The van der Waals surface area contributed by atoms with Crippen LogP contribution in [0.2, 0.25) is 0 Å². The molecule has 0 unspecified atom stereocenters. The van der Waals surface area contributed by atoms with Crippen molar-refractivity contribution in [1.82, 2.24) is 5.32 Å². The van der Waals surface area contributed by atoms with Crippen LogP contribution in [-0.2, 0) is 11.0 Å². The number of nitrogens with one attached hydrogen (secondary N) is 2. The summed E-state index contributed by atoms with van der Waals surface area (Å²) in [5, 5.41) is 4.71. The van der Waals surface area contributed by atoms with Crippen molar-refractivity contribution >= 4 is 17.6 Å². The first-order chi connectivity index (χ1) is 9.61. The lowest BCUT2D eigenvalue weighted by Gasteiger charge is -2.20. The molecular weight excluding hydrogens is 287 g/mol. The topological polar surface area (TPSA) is 84.2 Å². The molecular formula is C13H16F3N3O2. The zero-order valence-corrected chi connectivity index (χ0v) is 11.5. The molecule has 1 aromatic rings. The molecule has 0 bridgehead atoms. The highest BCUT2D eigenvalue weighted by atomic mass is 19.4. The van der Waals surface area contributed by atoms with Crippen LogP contribution >= 0.6 is 0 Å². The highest BCUT2D eigenvalue weighted by Crippen LogP contribution is 2.29. The first-order valence-corrected chi connectivity index (χ1v) is 6.15. The van der Waals surface area contributed by atoms with Gasteiger partial charge in [-0.1, -0.05) is 13.8 Å². The molecule has 3 amide bonds. The molecule has 4 N–H and O–H groups in total. The minimum atomic E-state index is -4.43. The lowest BCUT2D eigenvalue weighted by molar-refractivity contribution is -0.137. The van der Waals surface area contributed by atoms with Gasteiger partial charge in [-0.15, -0.1) is 0 Å². The largest absolute Gasteiger partial charge is 0.416 e. The molecule has 1 rings (SSSR count). The van der Waals surface area contributed by atoms with E-state index in [-0.39, 0.29) is 11.6 Å². The quantitative estimate of drug-likeness (QED) is 0.797. The molecule has 1 aromatic carbocycles. The van der Waals surface area contributed by atoms with Gasteiger partial charge in [-0.2, -0.15) is 13.2 Å². The predicted octanol–water partition coefficient (Wildman–Crippen LogP) is 2.34. The number of anilines is 1. The van der Waals surface area contributed by atoms with E-state index < -0.39 is 29.7 Å². The van der Waals surface area contributed by atoms with Crippen LogP contribution in [0, 0.1) is 5.92 Å². The van der Waals surface area contributed by atoms with Crippen LogP contribution in [0.25, 0.3) is 0 Å². The summed E-state index contributed by atoms with van der Waals surface area (Å²) < 4.78 is 37.2. The number of carbonyl (C=O) groups excluding carboxylic acids is 2. The standard InChI is InChI=1S/C13H16F3N3O2/c1-7(2)10(19-12(17)21)11(20)18-9-5-3-8(4-6-9)13(14,15)16/h3-7,10H,1-2H3,(H,18,20)(H3,17,19,21)/t10-/m0/s1. The Morgan fingerprint density at radius 2 is 1.67 bits per heavy atom. The number of rotatable bonds is 4.